The lowest BCUT2D eigenvalue weighted by Gasteiger charge is -2.03. The second-order valence-corrected chi connectivity index (χ2v) is 2.70. The molecule has 0 radical (unpaired) electrons. The number of fused-ring (bicyclic) bond motifs is 1. The molecule has 3 nitrogen and oxygen atoms in total. The van der Waals surface area contributed by atoms with Crippen LogP contribution in [0.3, 0.4) is 0 Å². The van der Waals surface area contributed by atoms with Gasteiger partial charge in [0, 0.05) is 11.3 Å². The van der Waals surface area contributed by atoms with Crippen LogP contribution in [0.4, 0.5) is 14.5 Å². The van der Waals surface area contributed by atoms with Crippen LogP contribution in [0.15, 0.2) is 18.5 Å². The highest BCUT2D eigenvalue weighted by Crippen LogP contribution is 2.27. The van der Waals surface area contributed by atoms with Crippen molar-refractivity contribution in [1.82, 2.24) is 9.97 Å². The zero-order valence-corrected chi connectivity index (χ0v) is 6.59. The van der Waals surface area contributed by atoms with Crippen molar-refractivity contribution < 1.29 is 8.78 Å². The molecule has 13 heavy (non-hydrogen) atoms. The van der Waals surface area contributed by atoms with Crippen LogP contribution in [0.2, 0.25) is 0 Å². The number of hydrogen-bond donors (Lipinski definition) is 2. The van der Waals surface area contributed by atoms with Gasteiger partial charge < -0.3 is 10.7 Å². The van der Waals surface area contributed by atoms with E-state index in [-0.39, 0.29) is 11.3 Å². The molecule has 0 bridgehead atoms. The summed E-state index contributed by atoms with van der Waals surface area (Å²) in [6, 6.07) is 2.76. The molecule has 1 aromatic carbocycles. The topological polar surface area (TPSA) is 54.7 Å². The summed E-state index contributed by atoms with van der Waals surface area (Å²) in [5.74, 6) is 0. The average Bonchev–Trinajstić information content (AvgIpc) is 2.48. The summed E-state index contributed by atoms with van der Waals surface area (Å²) in [5.41, 5.74) is 6.51. The monoisotopic (exact) mass is 183 g/mol. The van der Waals surface area contributed by atoms with Gasteiger partial charge in [0.1, 0.15) is 0 Å². The number of aromatic amines is 1. The third-order valence-electron chi connectivity index (χ3n) is 1.86. The van der Waals surface area contributed by atoms with E-state index in [0.717, 1.165) is 0 Å². The van der Waals surface area contributed by atoms with Crippen LogP contribution in [-0.2, 0) is 0 Å². The van der Waals surface area contributed by atoms with Gasteiger partial charge in [-0.25, -0.2) is 13.8 Å². The van der Waals surface area contributed by atoms with Gasteiger partial charge in [0.05, 0.1) is 17.4 Å². The first-order chi connectivity index (χ1) is 6.18. The minimum absolute atomic E-state index is 0.0783. The average molecular weight is 183 g/mol. The van der Waals surface area contributed by atoms with E-state index in [1.165, 1.54) is 18.5 Å². The summed E-state index contributed by atoms with van der Waals surface area (Å²) in [4.78, 5) is 6.64. The number of imidazole rings is 1. The Balaban J connectivity index is 2.69. The molecule has 0 saturated carbocycles. The number of nitrogens with two attached hydrogens (primary N) is 1. The Morgan fingerprint density at radius 3 is 2.85 bits per heavy atom. The number of nitrogens with one attached hydrogen (secondary N) is 1. The van der Waals surface area contributed by atoms with E-state index in [2.05, 4.69) is 9.97 Å². The molecule has 1 heterocycles. The molecule has 0 amide bonds. The van der Waals surface area contributed by atoms with E-state index < -0.39 is 6.43 Å². The second-order valence-electron chi connectivity index (χ2n) is 2.70. The molecule has 2 rings (SSSR count). The van der Waals surface area contributed by atoms with Gasteiger partial charge in [-0.3, -0.25) is 0 Å². The van der Waals surface area contributed by atoms with Gasteiger partial charge in [-0.1, -0.05) is 0 Å². The first-order valence-corrected chi connectivity index (χ1v) is 3.69. The molecule has 0 saturated heterocycles. The Labute approximate surface area is 72.6 Å². The summed E-state index contributed by atoms with van der Waals surface area (Å²) < 4.78 is 24.7. The fraction of sp³-hybridized carbons (Fsp3) is 0.125. The number of anilines is 1. The number of alkyl halides is 2. The van der Waals surface area contributed by atoms with Crippen LogP contribution in [-0.4, -0.2) is 9.97 Å². The molecule has 0 atom stereocenters. The predicted octanol–water partition coefficient (Wildman–Crippen LogP) is 2.08. The lowest BCUT2D eigenvalue weighted by molar-refractivity contribution is 0.152. The van der Waals surface area contributed by atoms with E-state index in [1.54, 1.807) is 0 Å². The summed E-state index contributed by atoms with van der Waals surface area (Å²) in [6.45, 7) is 0. The van der Waals surface area contributed by atoms with Gasteiger partial charge in [0.2, 0.25) is 0 Å². The number of hydrogen-bond acceptors (Lipinski definition) is 2. The van der Waals surface area contributed by atoms with E-state index in [9.17, 15) is 8.78 Å². The highest BCUT2D eigenvalue weighted by atomic mass is 19.3. The van der Waals surface area contributed by atoms with Crippen molar-refractivity contribution in [2.45, 2.75) is 6.43 Å². The number of nitrogens with zero attached hydrogens (tertiary/aromatic N) is 1. The molecular formula is C8H7F2N3. The predicted molar refractivity (Wildman–Crippen MR) is 45.5 cm³/mol. The molecule has 0 fully saturated rings. The fourth-order valence-corrected chi connectivity index (χ4v) is 1.20. The number of halogens is 2. The summed E-state index contributed by atoms with van der Waals surface area (Å²) in [7, 11) is 0. The lowest BCUT2D eigenvalue weighted by atomic mass is 10.1. The molecule has 5 heteroatoms. The second kappa shape index (κ2) is 2.69. The van der Waals surface area contributed by atoms with Crippen LogP contribution in [0, 0.1) is 0 Å². The lowest BCUT2D eigenvalue weighted by Crippen LogP contribution is -1.94. The molecular weight excluding hydrogens is 176 g/mol. The number of H-pyrrole nitrogens is 1. The summed E-state index contributed by atoms with van der Waals surface area (Å²) in [5, 5.41) is 0. The minimum atomic E-state index is -2.55. The number of aromatic nitrogens is 2. The van der Waals surface area contributed by atoms with Gasteiger partial charge in [0.15, 0.2) is 0 Å². The Hall–Kier alpha value is -1.65. The zero-order chi connectivity index (χ0) is 9.42. The van der Waals surface area contributed by atoms with Crippen LogP contribution in [0.5, 0.6) is 0 Å². The fourth-order valence-electron chi connectivity index (χ4n) is 1.20. The minimum Gasteiger partial charge on any atom is -0.398 e. The molecule has 0 unspecified atom stereocenters. The van der Waals surface area contributed by atoms with Gasteiger partial charge in [-0.2, -0.15) is 0 Å². The maximum atomic E-state index is 12.3. The van der Waals surface area contributed by atoms with Crippen LogP contribution >= 0.6 is 0 Å². The maximum Gasteiger partial charge on any atom is 0.265 e. The Bertz CT molecular complexity index is 436. The number of nitrogen functional groups attached to an aromatic ring is 1. The van der Waals surface area contributed by atoms with Crippen LogP contribution < -0.4 is 5.73 Å². The third kappa shape index (κ3) is 1.22. The molecule has 3 N–H and O–H groups in total. The molecule has 0 aliphatic carbocycles. The molecule has 0 aliphatic heterocycles. The van der Waals surface area contributed by atoms with Gasteiger partial charge in [0.25, 0.3) is 6.43 Å². The number of benzene rings is 1. The van der Waals surface area contributed by atoms with E-state index in [1.807, 2.05) is 0 Å². The quantitative estimate of drug-likeness (QED) is 0.665. The third-order valence-corrected chi connectivity index (χ3v) is 1.86. The van der Waals surface area contributed by atoms with Gasteiger partial charge in [-0.15, -0.1) is 0 Å². The molecule has 0 spiro atoms. The maximum absolute atomic E-state index is 12.3. The van der Waals surface area contributed by atoms with Crippen LogP contribution in [0.25, 0.3) is 11.0 Å². The van der Waals surface area contributed by atoms with Gasteiger partial charge >= 0.3 is 0 Å². The van der Waals surface area contributed by atoms with E-state index in [4.69, 9.17) is 5.73 Å². The zero-order valence-electron chi connectivity index (χ0n) is 6.59. The van der Waals surface area contributed by atoms with Crippen molar-refractivity contribution in [1.29, 1.82) is 0 Å². The SMILES string of the molecule is Nc1cc2nc[nH]c2cc1C(F)F. The highest BCUT2D eigenvalue weighted by Gasteiger charge is 2.12. The van der Waals surface area contributed by atoms with E-state index in [0.29, 0.717) is 11.0 Å². The molecule has 2 aromatic rings. The Morgan fingerprint density at radius 2 is 2.15 bits per heavy atom. The summed E-state index contributed by atoms with van der Waals surface area (Å²) in [6.07, 6.45) is -1.10. The first kappa shape index (κ1) is 7.97. The first-order valence-electron chi connectivity index (χ1n) is 3.69. The standard InChI is InChI=1S/C8H7F2N3/c9-8(10)4-1-6-7(2-5(4)11)13-3-12-6/h1-3,8H,11H2,(H,12,13). The van der Waals surface area contributed by atoms with Crippen molar-refractivity contribution in [2.75, 3.05) is 5.73 Å². The largest absolute Gasteiger partial charge is 0.398 e. The van der Waals surface area contributed by atoms with E-state index >= 15 is 0 Å². The van der Waals surface area contributed by atoms with Crippen molar-refractivity contribution in [2.24, 2.45) is 0 Å². The molecule has 68 valence electrons. The van der Waals surface area contributed by atoms with Crippen molar-refractivity contribution in [3.63, 3.8) is 0 Å². The normalized spacial score (nSPS) is 11.3. The van der Waals surface area contributed by atoms with Gasteiger partial charge in [-0.05, 0) is 12.1 Å². The highest BCUT2D eigenvalue weighted by molar-refractivity contribution is 5.80. The number of rotatable bonds is 1. The summed E-state index contributed by atoms with van der Waals surface area (Å²) >= 11 is 0. The van der Waals surface area contributed by atoms with Crippen molar-refractivity contribution in [3.05, 3.63) is 24.0 Å². The Morgan fingerprint density at radius 1 is 1.38 bits per heavy atom. The molecule has 1 aromatic heterocycles. The van der Waals surface area contributed by atoms with Crippen LogP contribution in [0.1, 0.15) is 12.0 Å². The molecule has 0 aliphatic rings. The van der Waals surface area contributed by atoms with Crippen molar-refractivity contribution >= 4 is 16.7 Å². The smallest absolute Gasteiger partial charge is 0.265 e. The van der Waals surface area contributed by atoms with Crippen molar-refractivity contribution in [3.8, 4) is 0 Å². The Kier molecular flexibility index (Phi) is 1.65.